The maximum absolute atomic E-state index is 11.0. The molecule has 17 heavy (non-hydrogen) atoms. The first kappa shape index (κ1) is 15.9. The normalized spacial score (nSPS) is 11.9. The molecule has 0 radical (unpaired) electrons. The summed E-state index contributed by atoms with van der Waals surface area (Å²) in [4.78, 5) is 21.9. The fraction of sp³-hybridized carbons (Fsp3) is 0.818. The van der Waals surface area contributed by atoms with Gasteiger partial charge in [0.25, 0.3) is 0 Å². The molecule has 0 fully saturated rings. The molecule has 0 aromatic carbocycles. The van der Waals surface area contributed by atoms with Gasteiger partial charge in [0.2, 0.25) is 0 Å². The van der Waals surface area contributed by atoms with Gasteiger partial charge in [0.05, 0.1) is 20.3 Å². The highest BCUT2D eigenvalue weighted by Gasteiger charge is 2.12. The van der Waals surface area contributed by atoms with Crippen molar-refractivity contribution in [3.05, 3.63) is 0 Å². The van der Waals surface area contributed by atoms with Crippen molar-refractivity contribution in [2.24, 2.45) is 5.73 Å². The Morgan fingerprint density at radius 2 is 2.06 bits per heavy atom. The van der Waals surface area contributed by atoms with E-state index in [9.17, 15) is 9.59 Å². The predicted octanol–water partition coefficient (Wildman–Crippen LogP) is -0.190. The standard InChI is InChI=1S/C11H22N2O4/c1-3-17-10(14)8-13-7-5-4-6-9(12)11(15)16-2/h9,13H,3-8,12H2,1-2H3/t9-/m0/s1. The molecule has 0 unspecified atom stereocenters. The molecule has 3 N–H and O–H groups in total. The summed E-state index contributed by atoms with van der Waals surface area (Å²) in [6.45, 7) is 3.09. The van der Waals surface area contributed by atoms with Crippen LogP contribution in [0.2, 0.25) is 0 Å². The number of hydrogen-bond acceptors (Lipinski definition) is 6. The summed E-state index contributed by atoms with van der Waals surface area (Å²) in [6, 6.07) is -0.551. The van der Waals surface area contributed by atoms with Gasteiger partial charge in [-0.1, -0.05) is 6.42 Å². The predicted molar refractivity (Wildman–Crippen MR) is 63.3 cm³/mol. The van der Waals surface area contributed by atoms with Crippen LogP contribution in [0.3, 0.4) is 0 Å². The van der Waals surface area contributed by atoms with Crippen molar-refractivity contribution in [3.63, 3.8) is 0 Å². The largest absolute Gasteiger partial charge is 0.468 e. The van der Waals surface area contributed by atoms with Gasteiger partial charge in [-0.2, -0.15) is 0 Å². The lowest BCUT2D eigenvalue weighted by Gasteiger charge is -2.08. The van der Waals surface area contributed by atoms with Crippen LogP contribution in [0.15, 0.2) is 0 Å². The van der Waals surface area contributed by atoms with Gasteiger partial charge in [-0.25, -0.2) is 0 Å². The summed E-state index contributed by atoms with van der Waals surface area (Å²) < 4.78 is 9.26. The molecule has 0 aliphatic heterocycles. The molecular weight excluding hydrogens is 224 g/mol. The number of rotatable bonds is 9. The molecule has 6 heteroatoms. The minimum atomic E-state index is -0.551. The monoisotopic (exact) mass is 246 g/mol. The van der Waals surface area contributed by atoms with Crippen LogP contribution in [0.4, 0.5) is 0 Å². The van der Waals surface area contributed by atoms with Gasteiger partial charge >= 0.3 is 11.9 Å². The van der Waals surface area contributed by atoms with Crippen LogP contribution in [0.5, 0.6) is 0 Å². The minimum absolute atomic E-state index is 0.219. The van der Waals surface area contributed by atoms with E-state index in [2.05, 4.69) is 10.1 Å². The van der Waals surface area contributed by atoms with E-state index in [-0.39, 0.29) is 18.5 Å². The second kappa shape index (κ2) is 10.0. The van der Waals surface area contributed by atoms with Crippen LogP contribution >= 0.6 is 0 Å². The SMILES string of the molecule is CCOC(=O)CNCCCC[C@H](N)C(=O)OC. The van der Waals surface area contributed by atoms with E-state index >= 15 is 0 Å². The third-order valence-electron chi connectivity index (χ3n) is 2.20. The summed E-state index contributed by atoms with van der Waals surface area (Å²) in [7, 11) is 1.32. The van der Waals surface area contributed by atoms with Gasteiger partial charge in [-0.15, -0.1) is 0 Å². The third kappa shape index (κ3) is 8.65. The Hall–Kier alpha value is -1.14. The van der Waals surface area contributed by atoms with Gasteiger partial charge in [-0.3, -0.25) is 9.59 Å². The maximum Gasteiger partial charge on any atom is 0.322 e. The zero-order valence-electron chi connectivity index (χ0n) is 10.5. The van der Waals surface area contributed by atoms with E-state index in [1.54, 1.807) is 6.92 Å². The molecule has 1 atom stereocenters. The lowest BCUT2D eigenvalue weighted by atomic mass is 10.1. The highest BCUT2D eigenvalue weighted by molar-refractivity contribution is 5.75. The minimum Gasteiger partial charge on any atom is -0.468 e. The number of nitrogens with one attached hydrogen (secondary N) is 1. The first-order valence-electron chi connectivity index (χ1n) is 5.81. The number of nitrogens with two attached hydrogens (primary N) is 1. The smallest absolute Gasteiger partial charge is 0.322 e. The Kier molecular flexibility index (Phi) is 9.37. The zero-order chi connectivity index (χ0) is 13.1. The highest BCUT2D eigenvalue weighted by atomic mass is 16.5. The van der Waals surface area contributed by atoms with E-state index in [0.717, 1.165) is 12.8 Å². The number of carbonyl (C=O) groups is 2. The number of methoxy groups -OCH3 is 1. The molecule has 0 saturated heterocycles. The van der Waals surface area contributed by atoms with Crippen LogP contribution in [0.25, 0.3) is 0 Å². The lowest BCUT2D eigenvalue weighted by Crippen LogP contribution is -2.31. The van der Waals surface area contributed by atoms with Crippen molar-refractivity contribution < 1.29 is 19.1 Å². The fourth-order valence-corrected chi connectivity index (χ4v) is 1.29. The van der Waals surface area contributed by atoms with Crippen LogP contribution in [-0.2, 0) is 19.1 Å². The Bertz CT molecular complexity index is 234. The Labute approximate surface area is 102 Å². The maximum atomic E-state index is 11.0. The summed E-state index contributed by atoms with van der Waals surface area (Å²) in [5.41, 5.74) is 5.56. The van der Waals surface area contributed by atoms with Gasteiger partial charge in [0.1, 0.15) is 6.04 Å². The van der Waals surface area contributed by atoms with Crippen molar-refractivity contribution in [3.8, 4) is 0 Å². The van der Waals surface area contributed by atoms with E-state index in [4.69, 9.17) is 10.5 Å². The van der Waals surface area contributed by atoms with Gasteiger partial charge in [0, 0.05) is 0 Å². The van der Waals surface area contributed by atoms with Crippen LogP contribution in [0, 0.1) is 0 Å². The van der Waals surface area contributed by atoms with Gasteiger partial charge in [-0.05, 0) is 26.3 Å². The van der Waals surface area contributed by atoms with Crippen molar-refractivity contribution in [1.82, 2.24) is 5.32 Å². The summed E-state index contributed by atoms with van der Waals surface area (Å²) in [5.74, 6) is -0.636. The Morgan fingerprint density at radius 1 is 1.35 bits per heavy atom. The molecule has 6 nitrogen and oxygen atoms in total. The molecule has 0 aromatic heterocycles. The molecular formula is C11H22N2O4. The number of ether oxygens (including phenoxy) is 2. The van der Waals surface area contributed by atoms with Crippen molar-refractivity contribution in [1.29, 1.82) is 0 Å². The van der Waals surface area contributed by atoms with Crippen LogP contribution in [-0.4, -0.2) is 44.8 Å². The first-order valence-corrected chi connectivity index (χ1v) is 5.81. The Balaban J connectivity index is 3.35. The molecule has 0 bridgehead atoms. The van der Waals surface area contributed by atoms with E-state index < -0.39 is 6.04 Å². The summed E-state index contributed by atoms with van der Waals surface area (Å²) >= 11 is 0. The second-order valence-electron chi connectivity index (χ2n) is 3.61. The molecule has 0 heterocycles. The average molecular weight is 246 g/mol. The van der Waals surface area contributed by atoms with Crippen molar-refractivity contribution in [2.45, 2.75) is 32.2 Å². The quantitative estimate of drug-likeness (QED) is 0.433. The fourth-order valence-electron chi connectivity index (χ4n) is 1.29. The van der Waals surface area contributed by atoms with Crippen LogP contribution < -0.4 is 11.1 Å². The molecule has 0 spiro atoms. The molecule has 0 rings (SSSR count). The molecule has 0 saturated carbocycles. The molecule has 0 aliphatic carbocycles. The van der Waals surface area contributed by atoms with E-state index in [1.165, 1.54) is 7.11 Å². The van der Waals surface area contributed by atoms with Gasteiger partial charge < -0.3 is 20.5 Å². The lowest BCUT2D eigenvalue weighted by molar-refractivity contribution is -0.142. The highest BCUT2D eigenvalue weighted by Crippen LogP contribution is 1.99. The Morgan fingerprint density at radius 3 is 2.65 bits per heavy atom. The van der Waals surface area contributed by atoms with E-state index in [0.29, 0.717) is 19.6 Å². The third-order valence-corrected chi connectivity index (χ3v) is 2.20. The van der Waals surface area contributed by atoms with E-state index in [1.807, 2.05) is 0 Å². The number of hydrogen-bond donors (Lipinski definition) is 2. The molecule has 0 amide bonds. The number of esters is 2. The summed E-state index contributed by atoms with van der Waals surface area (Å²) in [6.07, 6.45) is 2.25. The number of unbranched alkanes of at least 4 members (excludes halogenated alkanes) is 1. The van der Waals surface area contributed by atoms with Crippen molar-refractivity contribution >= 4 is 11.9 Å². The molecule has 0 aromatic rings. The zero-order valence-corrected chi connectivity index (χ0v) is 10.5. The van der Waals surface area contributed by atoms with Crippen molar-refractivity contribution in [2.75, 3.05) is 26.8 Å². The topological polar surface area (TPSA) is 90.6 Å². The molecule has 100 valence electrons. The first-order chi connectivity index (χ1) is 8.11. The molecule has 0 aliphatic rings. The van der Waals surface area contributed by atoms with Crippen LogP contribution in [0.1, 0.15) is 26.2 Å². The van der Waals surface area contributed by atoms with Gasteiger partial charge in [0.15, 0.2) is 0 Å². The second-order valence-corrected chi connectivity index (χ2v) is 3.61. The number of carbonyl (C=O) groups excluding carboxylic acids is 2. The average Bonchev–Trinajstić information content (AvgIpc) is 2.32. The summed E-state index contributed by atoms with van der Waals surface area (Å²) in [5, 5.41) is 2.96.